The van der Waals surface area contributed by atoms with Gasteiger partial charge in [-0.05, 0) is 31.6 Å². The summed E-state index contributed by atoms with van der Waals surface area (Å²) in [6.45, 7) is 10.6. The number of morpholine rings is 1. The third kappa shape index (κ3) is 5.97. The first kappa shape index (κ1) is 21.6. The lowest BCUT2D eigenvalue weighted by Gasteiger charge is -2.40. The molecule has 0 unspecified atom stereocenters. The molecule has 0 radical (unpaired) electrons. The molecule has 0 bridgehead atoms. The number of hydrogen-bond acceptors (Lipinski definition) is 7. The minimum Gasteiger partial charge on any atom is -0.381 e. The Labute approximate surface area is 179 Å². The van der Waals surface area contributed by atoms with E-state index in [9.17, 15) is 4.79 Å². The number of rotatable bonds is 7. The molecule has 8 heteroatoms. The molecule has 1 aromatic rings. The summed E-state index contributed by atoms with van der Waals surface area (Å²) in [5, 5.41) is 0. The zero-order chi connectivity index (χ0) is 20.6. The van der Waals surface area contributed by atoms with Crippen LogP contribution in [0.3, 0.4) is 0 Å². The second-order valence-electron chi connectivity index (χ2n) is 8.66. The molecule has 0 aliphatic carbocycles. The molecule has 4 rings (SSSR count). The molecule has 0 spiro atoms. The van der Waals surface area contributed by atoms with Crippen molar-refractivity contribution in [3.8, 4) is 0 Å². The minimum absolute atomic E-state index is 0.0580. The largest absolute Gasteiger partial charge is 0.381 e. The van der Waals surface area contributed by atoms with Crippen molar-refractivity contribution in [3.05, 3.63) is 24.3 Å². The molecule has 3 aliphatic heterocycles. The summed E-state index contributed by atoms with van der Waals surface area (Å²) in [7, 11) is 0. The summed E-state index contributed by atoms with van der Waals surface area (Å²) in [5.74, 6) is 0.705. The first-order valence-corrected chi connectivity index (χ1v) is 11.5. The van der Waals surface area contributed by atoms with E-state index in [0.29, 0.717) is 17.5 Å². The smallest absolute Gasteiger partial charge is 0.256 e. The number of carbonyl (C=O) groups is 1. The van der Waals surface area contributed by atoms with E-state index in [1.54, 1.807) is 12.4 Å². The monoisotopic (exact) mass is 417 g/mol. The molecule has 3 aliphatic rings. The highest BCUT2D eigenvalue weighted by molar-refractivity contribution is 5.93. The Morgan fingerprint density at radius 3 is 2.33 bits per heavy atom. The van der Waals surface area contributed by atoms with Crippen molar-refractivity contribution >= 4 is 5.91 Å². The van der Waals surface area contributed by atoms with Crippen LogP contribution < -0.4 is 0 Å². The van der Waals surface area contributed by atoms with E-state index >= 15 is 0 Å². The predicted molar refractivity (Wildman–Crippen MR) is 113 cm³/mol. The van der Waals surface area contributed by atoms with E-state index in [0.717, 1.165) is 97.9 Å². The van der Waals surface area contributed by atoms with Crippen LogP contribution in [0, 0.1) is 5.92 Å². The summed E-state index contributed by atoms with van der Waals surface area (Å²) in [6.07, 6.45) is 9.08. The Bertz CT molecular complexity index is 641. The van der Waals surface area contributed by atoms with Gasteiger partial charge in [-0.2, -0.15) is 0 Å². The molecule has 0 saturated carbocycles. The van der Waals surface area contributed by atoms with Crippen LogP contribution in [0.1, 0.15) is 36.0 Å². The van der Waals surface area contributed by atoms with Gasteiger partial charge < -0.3 is 14.4 Å². The van der Waals surface area contributed by atoms with E-state index < -0.39 is 0 Å². The van der Waals surface area contributed by atoms with Crippen molar-refractivity contribution in [2.45, 2.75) is 31.7 Å². The van der Waals surface area contributed by atoms with E-state index in [1.807, 2.05) is 4.90 Å². The van der Waals surface area contributed by atoms with Crippen LogP contribution in [-0.2, 0) is 9.47 Å². The summed E-state index contributed by atoms with van der Waals surface area (Å²) in [5.41, 5.74) is 0.588. The zero-order valence-corrected chi connectivity index (χ0v) is 18.0. The van der Waals surface area contributed by atoms with E-state index in [4.69, 9.17) is 9.47 Å². The van der Waals surface area contributed by atoms with Gasteiger partial charge in [-0.3, -0.25) is 14.6 Å². The fraction of sp³-hybridized carbons (Fsp3) is 0.773. The van der Waals surface area contributed by atoms with Gasteiger partial charge in [0.25, 0.3) is 5.91 Å². The van der Waals surface area contributed by atoms with Crippen LogP contribution in [0.4, 0.5) is 0 Å². The second-order valence-corrected chi connectivity index (χ2v) is 8.66. The van der Waals surface area contributed by atoms with Crippen LogP contribution in [0.15, 0.2) is 18.7 Å². The number of ether oxygens (including phenoxy) is 2. The van der Waals surface area contributed by atoms with Gasteiger partial charge in [0.1, 0.15) is 6.33 Å². The van der Waals surface area contributed by atoms with Gasteiger partial charge in [0.05, 0.1) is 18.8 Å². The maximum atomic E-state index is 12.7. The highest BCUT2D eigenvalue weighted by atomic mass is 16.5. The lowest BCUT2D eigenvalue weighted by atomic mass is 9.94. The number of piperidine rings is 1. The Morgan fingerprint density at radius 2 is 1.63 bits per heavy atom. The number of aromatic nitrogens is 2. The second kappa shape index (κ2) is 11.1. The van der Waals surface area contributed by atoms with Gasteiger partial charge in [-0.15, -0.1) is 0 Å². The van der Waals surface area contributed by atoms with Crippen molar-refractivity contribution in [3.63, 3.8) is 0 Å². The quantitative estimate of drug-likeness (QED) is 0.659. The van der Waals surface area contributed by atoms with Crippen molar-refractivity contribution in [1.29, 1.82) is 0 Å². The predicted octanol–water partition coefficient (Wildman–Crippen LogP) is 1.14. The lowest BCUT2D eigenvalue weighted by Crippen LogP contribution is -2.49. The highest BCUT2D eigenvalue weighted by Crippen LogP contribution is 2.23. The SMILES string of the molecule is O=C(c1cncnc1)N1CCC(CN(CCN2CCOCC2)C2CCOCC2)CC1. The Kier molecular flexibility index (Phi) is 8.02. The van der Waals surface area contributed by atoms with Crippen molar-refractivity contribution < 1.29 is 14.3 Å². The first-order valence-electron chi connectivity index (χ1n) is 11.5. The maximum Gasteiger partial charge on any atom is 0.256 e. The fourth-order valence-electron chi connectivity index (χ4n) is 4.81. The van der Waals surface area contributed by atoms with Crippen LogP contribution in [0.25, 0.3) is 0 Å². The van der Waals surface area contributed by atoms with E-state index in [1.165, 1.54) is 6.33 Å². The Balaban J connectivity index is 1.28. The molecule has 0 aromatic carbocycles. The summed E-state index contributed by atoms with van der Waals surface area (Å²) in [4.78, 5) is 27.8. The van der Waals surface area contributed by atoms with Crippen LogP contribution >= 0.6 is 0 Å². The molecule has 4 heterocycles. The normalized spacial score (nSPS) is 22.5. The lowest BCUT2D eigenvalue weighted by molar-refractivity contribution is 0.00625. The third-order valence-electron chi connectivity index (χ3n) is 6.72. The minimum atomic E-state index is 0.0580. The van der Waals surface area contributed by atoms with Crippen LogP contribution in [0.5, 0.6) is 0 Å². The first-order chi connectivity index (χ1) is 14.8. The maximum absolute atomic E-state index is 12.7. The summed E-state index contributed by atoms with van der Waals surface area (Å²) >= 11 is 0. The summed E-state index contributed by atoms with van der Waals surface area (Å²) in [6, 6.07) is 0.626. The number of likely N-dealkylation sites (tertiary alicyclic amines) is 1. The molecule has 8 nitrogen and oxygen atoms in total. The molecular formula is C22H35N5O3. The average molecular weight is 418 g/mol. The molecule has 0 atom stereocenters. The van der Waals surface area contributed by atoms with Crippen LogP contribution in [-0.4, -0.2) is 109 Å². The molecule has 3 saturated heterocycles. The fourth-order valence-corrected chi connectivity index (χ4v) is 4.81. The van der Waals surface area contributed by atoms with Gasteiger partial charge in [0, 0.05) is 77.5 Å². The summed E-state index contributed by atoms with van der Waals surface area (Å²) < 4.78 is 11.1. The topological polar surface area (TPSA) is 71.0 Å². The Hall–Kier alpha value is -1.61. The molecule has 0 N–H and O–H groups in total. The van der Waals surface area contributed by atoms with E-state index in [2.05, 4.69) is 19.8 Å². The number of amides is 1. The van der Waals surface area contributed by atoms with Gasteiger partial charge in [0.2, 0.25) is 0 Å². The molecule has 1 amide bonds. The average Bonchev–Trinajstić information content (AvgIpc) is 2.83. The third-order valence-corrected chi connectivity index (χ3v) is 6.72. The number of carbonyl (C=O) groups excluding carboxylic acids is 1. The molecule has 166 valence electrons. The highest BCUT2D eigenvalue weighted by Gasteiger charge is 2.29. The molecule has 30 heavy (non-hydrogen) atoms. The van der Waals surface area contributed by atoms with Gasteiger partial charge >= 0.3 is 0 Å². The van der Waals surface area contributed by atoms with Gasteiger partial charge in [-0.25, -0.2) is 9.97 Å². The van der Waals surface area contributed by atoms with Gasteiger partial charge in [-0.1, -0.05) is 0 Å². The number of nitrogens with zero attached hydrogens (tertiary/aromatic N) is 5. The molecular weight excluding hydrogens is 382 g/mol. The van der Waals surface area contributed by atoms with Gasteiger partial charge in [0.15, 0.2) is 0 Å². The van der Waals surface area contributed by atoms with E-state index in [-0.39, 0.29) is 5.91 Å². The number of hydrogen-bond donors (Lipinski definition) is 0. The Morgan fingerprint density at radius 1 is 0.967 bits per heavy atom. The zero-order valence-electron chi connectivity index (χ0n) is 18.0. The van der Waals surface area contributed by atoms with Crippen molar-refractivity contribution in [1.82, 2.24) is 24.7 Å². The van der Waals surface area contributed by atoms with Crippen molar-refractivity contribution in [2.75, 3.05) is 72.2 Å². The van der Waals surface area contributed by atoms with Crippen molar-refractivity contribution in [2.24, 2.45) is 5.92 Å². The molecule has 3 fully saturated rings. The molecule has 1 aromatic heterocycles. The van der Waals surface area contributed by atoms with Crippen LogP contribution in [0.2, 0.25) is 0 Å². The standard InChI is InChI=1S/C22H35N5O3/c28-22(20-15-23-18-24-16-20)26-5-1-19(2-6-26)17-27(21-3-11-29-12-4-21)8-7-25-9-13-30-14-10-25/h15-16,18-19,21H,1-14,17H2.